The van der Waals surface area contributed by atoms with Crippen molar-refractivity contribution in [2.45, 2.75) is 0 Å². The highest BCUT2D eigenvalue weighted by molar-refractivity contribution is 9.10. The third-order valence-corrected chi connectivity index (χ3v) is 5.43. The lowest BCUT2D eigenvalue weighted by Crippen LogP contribution is -2.13. The van der Waals surface area contributed by atoms with Crippen molar-refractivity contribution in [3.05, 3.63) is 45.0 Å². The number of nitrogens with zero attached hydrogens (tertiary/aromatic N) is 4. The van der Waals surface area contributed by atoms with Crippen molar-refractivity contribution >= 4 is 56.1 Å². The number of halogens is 1. The van der Waals surface area contributed by atoms with E-state index in [1.54, 1.807) is 13.3 Å². The van der Waals surface area contributed by atoms with Crippen LogP contribution in [0.3, 0.4) is 0 Å². The predicted molar refractivity (Wildman–Crippen MR) is 99.7 cm³/mol. The SMILES string of the molecule is COc1ccc2c(c(/C=C3\C(=O)NN=C3c3cnns3)cn2C)c1Br. The molecule has 0 spiro atoms. The first kappa shape index (κ1) is 16.0. The molecule has 1 N–H and O–H groups in total. The molecule has 0 bridgehead atoms. The third kappa shape index (κ3) is 2.56. The zero-order valence-electron chi connectivity index (χ0n) is 13.3. The summed E-state index contributed by atoms with van der Waals surface area (Å²) in [6.07, 6.45) is 5.39. The number of fused-ring (bicyclic) bond motifs is 1. The van der Waals surface area contributed by atoms with Gasteiger partial charge in [0.15, 0.2) is 0 Å². The highest BCUT2D eigenvalue weighted by Crippen LogP contribution is 2.37. The maximum atomic E-state index is 12.3. The van der Waals surface area contributed by atoms with Crippen molar-refractivity contribution < 1.29 is 9.53 Å². The van der Waals surface area contributed by atoms with Gasteiger partial charge in [0.2, 0.25) is 0 Å². The number of carbonyl (C=O) groups excluding carboxylic acids is 1. The summed E-state index contributed by atoms with van der Waals surface area (Å²) in [6.45, 7) is 0. The molecule has 3 aromatic rings. The summed E-state index contributed by atoms with van der Waals surface area (Å²) in [4.78, 5) is 13.0. The summed E-state index contributed by atoms with van der Waals surface area (Å²) in [5.41, 5.74) is 5.45. The van der Waals surface area contributed by atoms with Gasteiger partial charge in [0.1, 0.15) is 11.5 Å². The molecule has 25 heavy (non-hydrogen) atoms. The second-order valence-electron chi connectivity index (χ2n) is 5.41. The Morgan fingerprint density at radius 3 is 2.96 bits per heavy atom. The molecule has 4 rings (SSSR count). The number of hydrogen-bond acceptors (Lipinski definition) is 6. The molecule has 3 heterocycles. The number of amides is 1. The van der Waals surface area contributed by atoms with Gasteiger partial charge >= 0.3 is 0 Å². The van der Waals surface area contributed by atoms with Gasteiger partial charge in [-0.25, -0.2) is 5.43 Å². The molecule has 1 aromatic carbocycles. The minimum atomic E-state index is -0.251. The fourth-order valence-electron chi connectivity index (χ4n) is 2.81. The lowest BCUT2D eigenvalue weighted by atomic mass is 10.1. The second kappa shape index (κ2) is 6.08. The summed E-state index contributed by atoms with van der Waals surface area (Å²) in [7, 11) is 3.58. The van der Waals surface area contributed by atoms with Crippen LogP contribution in [-0.2, 0) is 11.8 Å². The van der Waals surface area contributed by atoms with Crippen molar-refractivity contribution in [2.75, 3.05) is 7.11 Å². The Hall–Kier alpha value is -2.52. The summed E-state index contributed by atoms with van der Waals surface area (Å²) in [5.74, 6) is 0.481. The molecule has 0 aliphatic carbocycles. The quantitative estimate of drug-likeness (QED) is 0.664. The first-order chi connectivity index (χ1) is 12.1. The number of hydrazone groups is 1. The van der Waals surface area contributed by atoms with Crippen LogP contribution < -0.4 is 10.2 Å². The second-order valence-corrected chi connectivity index (χ2v) is 6.99. The summed E-state index contributed by atoms with van der Waals surface area (Å²) in [6, 6.07) is 3.89. The first-order valence-corrected chi connectivity index (χ1v) is 8.86. The number of hydrogen-bond donors (Lipinski definition) is 1. The number of nitrogens with one attached hydrogen (secondary N) is 1. The molecular weight excluding hydrogens is 406 g/mol. The van der Waals surface area contributed by atoms with E-state index in [-0.39, 0.29) is 5.91 Å². The zero-order valence-corrected chi connectivity index (χ0v) is 15.7. The number of methoxy groups -OCH3 is 1. The average molecular weight is 418 g/mol. The Bertz CT molecular complexity index is 1050. The van der Waals surface area contributed by atoms with Crippen LogP contribution in [0.2, 0.25) is 0 Å². The molecule has 1 aliphatic rings. The molecule has 2 aromatic heterocycles. The Kier molecular flexibility index (Phi) is 3.89. The van der Waals surface area contributed by atoms with Crippen LogP contribution in [0.5, 0.6) is 5.75 Å². The van der Waals surface area contributed by atoms with Gasteiger partial charge in [0, 0.05) is 29.7 Å². The number of rotatable bonds is 3. The molecule has 0 atom stereocenters. The maximum Gasteiger partial charge on any atom is 0.273 e. The van der Waals surface area contributed by atoms with Crippen LogP contribution in [0.1, 0.15) is 10.4 Å². The van der Waals surface area contributed by atoms with Crippen LogP contribution in [0.25, 0.3) is 17.0 Å². The van der Waals surface area contributed by atoms with E-state index in [0.717, 1.165) is 31.6 Å². The van der Waals surface area contributed by atoms with Gasteiger partial charge < -0.3 is 9.30 Å². The average Bonchev–Trinajstić information content (AvgIpc) is 3.30. The van der Waals surface area contributed by atoms with Gasteiger partial charge in [-0.15, -0.1) is 5.10 Å². The van der Waals surface area contributed by atoms with Crippen molar-refractivity contribution in [2.24, 2.45) is 12.1 Å². The standard InChI is InChI=1S/C16H12BrN5O2S/c1-22-7-8(13-10(22)3-4-11(24-2)14(13)17)5-9-15(19-20-16(9)23)12-6-18-21-25-12/h3-7H,1-2H3,(H,20,23)/b9-5-. The Morgan fingerprint density at radius 2 is 2.24 bits per heavy atom. The van der Waals surface area contributed by atoms with E-state index in [9.17, 15) is 4.79 Å². The Balaban J connectivity index is 1.91. The van der Waals surface area contributed by atoms with Gasteiger partial charge in [0.05, 0.1) is 28.2 Å². The third-order valence-electron chi connectivity index (χ3n) is 3.97. The molecule has 0 radical (unpaired) electrons. The van der Waals surface area contributed by atoms with Crippen LogP contribution in [0.15, 0.2) is 39.7 Å². The molecule has 0 unspecified atom stereocenters. The fraction of sp³-hybridized carbons (Fsp3) is 0.125. The van der Waals surface area contributed by atoms with E-state index in [1.807, 2.05) is 36.0 Å². The maximum absolute atomic E-state index is 12.3. The monoisotopic (exact) mass is 417 g/mol. The first-order valence-electron chi connectivity index (χ1n) is 7.29. The van der Waals surface area contributed by atoms with E-state index < -0.39 is 0 Å². The highest BCUT2D eigenvalue weighted by Gasteiger charge is 2.26. The molecule has 7 nitrogen and oxygen atoms in total. The minimum absolute atomic E-state index is 0.251. The van der Waals surface area contributed by atoms with Gasteiger partial charge in [-0.3, -0.25) is 4.79 Å². The lowest BCUT2D eigenvalue weighted by Gasteiger charge is -2.05. The van der Waals surface area contributed by atoms with Crippen LogP contribution in [-0.4, -0.2) is 32.9 Å². The number of aromatic nitrogens is 3. The van der Waals surface area contributed by atoms with E-state index >= 15 is 0 Å². The number of carbonyl (C=O) groups is 1. The Labute approximate surface area is 155 Å². The largest absolute Gasteiger partial charge is 0.496 e. The Morgan fingerprint density at radius 1 is 1.40 bits per heavy atom. The van der Waals surface area contributed by atoms with Crippen LogP contribution >= 0.6 is 27.5 Å². The molecule has 0 fully saturated rings. The number of ether oxygens (including phenoxy) is 1. The van der Waals surface area contributed by atoms with Crippen LogP contribution in [0.4, 0.5) is 0 Å². The van der Waals surface area contributed by atoms with Crippen LogP contribution in [0, 0.1) is 0 Å². The molecule has 1 aliphatic heterocycles. The number of aryl methyl sites for hydroxylation is 1. The van der Waals surface area contributed by atoms with Gasteiger partial charge in [-0.2, -0.15) is 5.10 Å². The van der Waals surface area contributed by atoms with Crippen molar-refractivity contribution in [3.63, 3.8) is 0 Å². The highest BCUT2D eigenvalue weighted by atomic mass is 79.9. The molecule has 126 valence electrons. The molecule has 0 saturated heterocycles. The molecular formula is C16H12BrN5O2S. The van der Waals surface area contributed by atoms with Crippen molar-refractivity contribution in [3.8, 4) is 5.75 Å². The zero-order chi connectivity index (χ0) is 17.6. The van der Waals surface area contributed by atoms with Gasteiger partial charge in [-0.1, -0.05) is 4.49 Å². The topological polar surface area (TPSA) is 81.4 Å². The fourth-order valence-corrected chi connectivity index (χ4v) is 4.05. The van der Waals surface area contributed by atoms with E-state index in [2.05, 4.69) is 36.0 Å². The molecule has 0 saturated carbocycles. The summed E-state index contributed by atoms with van der Waals surface area (Å²) < 4.78 is 12.1. The van der Waals surface area contributed by atoms with E-state index in [0.29, 0.717) is 11.3 Å². The van der Waals surface area contributed by atoms with Crippen molar-refractivity contribution in [1.82, 2.24) is 19.6 Å². The minimum Gasteiger partial charge on any atom is -0.496 e. The normalized spacial score (nSPS) is 15.7. The number of benzene rings is 1. The van der Waals surface area contributed by atoms with E-state index in [1.165, 1.54) is 11.5 Å². The predicted octanol–water partition coefficient (Wildman–Crippen LogP) is 2.72. The van der Waals surface area contributed by atoms with Gasteiger partial charge in [-0.05, 0) is 45.7 Å². The molecule has 9 heteroatoms. The lowest BCUT2D eigenvalue weighted by molar-refractivity contribution is -0.116. The van der Waals surface area contributed by atoms with E-state index in [4.69, 9.17) is 4.74 Å². The van der Waals surface area contributed by atoms with Crippen molar-refractivity contribution in [1.29, 1.82) is 0 Å². The summed E-state index contributed by atoms with van der Waals surface area (Å²) >= 11 is 4.80. The summed E-state index contributed by atoms with van der Waals surface area (Å²) in [5, 5.41) is 8.90. The smallest absolute Gasteiger partial charge is 0.273 e. The molecule has 1 amide bonds. The van der Waals surface area contributed by atoms with Gasteiger partial charge in [0.25, 0.3) is 5.91 Å².